The minimum atomic E-state index is -0.513. The summed E-state index contributed by atoms with van der Waals surface area (Å²) >= 11 is 1.40. The molecule has 0 aromatic carbocycles. The van der Waals surface area contributed by atoms with E-state index in [-0.39, 0.29) is 17.5 Å². The number of esters is 1. The van der Waals surface area contributed by atoms with Gasteiger partial charge in [0.25, 0.3) is 0 Å². The summed E-state index contributed by atoms with van der Waals surface area (Å²) in [5, 5.41) is 13.0. The van der Waals surface area contributed by atoms with Crippen molar-refractivity contribution in [1.82, 2.24) is 24.9 Å². The highest BCUT2D eigenvalue weighted by Crippen LogP contribution is 2.20. The van der Waals surface area contributed by atoms with Crippen LogP contribution in [0.2, 0.25) is 0 Å². The monoisotopic (exact) mass is 350 g/mol. The van der Waals surface area contributed by atoms with Crippen LogP contribution < -0.4 is 5.32 Å². The summed E-state index contributed by atoms with van der Waals surface area (Å²) in [5.41, 5.74) is 0.174. The van der Waals surface area contributed by atoms with E-state index in [4.69, 9.17) is 0 Å². The highest BCUT2D eigenvalue weighted by molar-refractivity contribution is 7.13. The van der Waals surface area contributed by atoms with Crippen molar-refractivity contribution in [2.24, 2.45) is 5.92 Å². The first-order chi connectivity index (χ1) is 11.7. The van der Waals surface area contributed by atoms with Gasteiger partial charge in [-0.05, 0) is 19.4 Å². The number of carbonyl (C=O) groups excluding carboxylic acids is 2. The van der Waals surface area contributed by atoms with E-state index in [0.717, 1.165) is 19.4 Å². The number of piperidine rings is 1. The number of anilines is 1. The standard InChI is InChI=1S/C14H18N6O3S/c1-23-13(22)11-8-20(18-17-11)9-19-5-2-3-10(7-19)12(21)16-14-15-4-6-24-14/h4,6,8,10H,2-3,5,7,9H2,1H3,(H,15,16,21). The lowest BCUT2D eigenvalue weighted by molar-refractivity contribution is -0.121. The van der Waals surface area contributed by atoms with Gasteiger partial charge in [0.1, 0.15) is 0 Å². The number of carbonyl (C=O) groups is 2. The molecule has 10 heteroatoms. The molecule has 0 spiro atoms. The van der Waals surface area contributed by atoms with Gasteiger partial charge in [0.2, 0.25) is 5.91 Å². The van der Waals surface area contributed by atoms with Crippen molar-refractivity contribution in [2.45, 2.75) is 19.5 Å². The summed E-state index contributed by atoms with van der Waals surface area (Å²) in [6.45, 7) is 1.98. The molecule has 128 valence electrons. The Morgan fingerprint density at radius 3 is 3.12 bits per heavy atom. The number of aromatic nitrogens is 4. The maximum absolute atomic E-state index is 12.3. The van der Waals surface area contributed by atoms with Crippen LogP contribution in [0.15, 0.2) is 17.8 Å². The van der Waals surface area contributed by atoms with Gasteiger partial charge < -0.3 is 10.1 Å². The van der Waals surface area contributed by atoms with E-state index in [0.29, 0.717) is 18.3 Å². The number of rotatable bonds is 5. The molecule has 0 bridgehead atoms. The van der Waals surface area contributed by atoms with Crippen molar-refractivity contribution in [3.8, 4) is 0 Å². The molecule has 0 radical (unpaired) electrons. The lowest BCUT2D eigenvalue weighted by atomic mass is 9.97. The number of methoxy groups -OCH3 is 1. The second-order valence-electron chi connectivity index (χ2n) is 5.52. The molecule has 1 atom stereocenters. The summed E-state index contributed by atoms with van der Waals surface area (Å²) < 4.78 is 6.19. The number of likely N-dealkylation sites (tertiary alicyclic amines) is 1. The van der Waals surface area contributed by atoms with Crippen LogP contribution in [-0.4, -0.2) is 57.0 Å². The van der Waals surface area contributed by atoms with Gasteiger partial charge in [-0.2, -0.15) is 0 Å². The van der Waals surface area contributed by atoms with Crippen LogP contribution in [0.4, 0.5) is 5.13 Å². The molecule has 2 aromatic heterocycles. The molecule has 1 fully saturated rings. The Kier molecular flexibility index (Phi) is 5.16. The summed E-state index contributed by atoms with van der Waals surface area (Å²) in [7, 11) is 1.30. The number of ether oxygens (including phenoxy) is 1. The summed E-state index contributed by atoms with van der Waals surface area (Å²) in [4.78, 5) is 29.9. The minimum Gasteiger partial charge on any atom is -0.464 e. The molecular formula is C14H18N6O3S. The molecular weight excluding hydrogens is 332 g/mol. The van der Waals surface area contributed by atoms with Crippen LogP contribution in [0.5, 0.6) is 0 Å². The predicted molar refractivity (Wildman–Crippen MR) is 86.4 cm³/mol. The van der Waals surface area contributed by atoms with Gasteiger partial charge >= 0.3 is 5.97 Å². The predicted octanol–water partition coefficient (Wildman–Crippen LogP) is 0.829. The largest absolute Gasteiger partial charge is 0.464 e. The van der Waals surface area contributed by atoms with Crippen molar-refractivity contribution in [1.29, 1.82) is 0 Å². The van der Waals surface area contributed by atoms with Crippen molar-refractivity contribution in [3.05, 3.63) is 23.5 Å². The summed E-state index contributed by atoms with van der Waals surface area (Å²) in [5.74, 6) is -0.615. The van der Waals surface area contributed by atoms with E-state index in [9.17, 15) is 9.59 Å². The Hall–Kier alpha value is -2.33. The molecule has 24 heavy (non-hydrogen) atoms. The molecule has 1 N–H and O–H groups in total. The molecule has 1 aliphatic heterocycles. The van der Waals surface area contributed by atoms with Crippen LogP contribution in [0.1, 0.15) is 23.3 Å². The van der Waals surface area contributed by atoms with Gasteiger partial charge in [-0.25, -0.2) is 14.5 Å². The third-order valence-electron chi connectivity index (χ3n) is 3.82. The highest BCUT2D eigenvalue weighted by Gasteiger charge is 2.26. The normalized spacial score (nSPS) is 18.3. The van der Waals surface area contributed by atoms with E-state index in [1.807, 2.05) is 5.38 Å². The quantitative estimate of drug-likeness (QED) is 0.797. The topological polar surface area (TPSA) is 102 Å². The molecule has 2 aromatic rings. The first-order valence-electron chi connectivity index (χ1n) is 7.57. The fourth-order valence-electron chi connectivity index (χ4n) is 2.66. The first-order valence-corrected chi connectivity index (χ1v) is 8.45. The van der Waals surface area contributed by atoms with Gasteiger partial charge in [0, 0.05) is 18.1 Å². The van der Waals surface area contributed by atoms with Crippen molar-refractivity contribution in [3.63, 3.8) is 0 Å². The van der Waals surface area contributed by atoms with E-state index >= 15 is 0 Å². The molecule has 1 saturated heterocycles. The number of nitrogens with zero attached hydrogens (tertiary/aromatic N) is 5. The average molecular weight is 350 g/mol. The molecule has 1 amide bonds. The van der Waals surface area contributed by atoms with Gasteiger partial charge in [0.05, 0.1) is 25.9 Å². The Labute approximate surface area is 142 Å². The molecule has 3 heterocycles. The van der Waals surface area contributed by atoms with E-state index < -0.39 is 5.97 Å². The zero-order chi connectivity index (χ0) is 16.9. The SMILES string of the molecule is COC(=O)c1cn(CN2CCCC(C(=O)Nc3nccs3)C2)nn1. The van der Waals surface area contributed by atoms with Crippen molar-refractivity contribution in [2.75, 3.05) is 25.5 Å². The average Bonchev–Trinajstić information content (AvgIpc) is 3.26. The number of hydrogen-bond donors (Lipinski definition) is 1. The minimum absolute atomic E-state index is 0.0107. The van der Waals surface area contributed by atoms with E-state index in [2.05, 4.69) is 30.2 Å². The summed E-state index contributed by atoms with van der Waals surface area (Å²) in [6, 6.07) is 0. The maximum atomic E-state index is 12.3. The Morgan fingerprint density at radius 1 is 1.50 bits per heavy atom. The molecule has 1 aliphatic rings. The Balaban J connectivity index is 1.56. The zero-order valence-electron chi connectivity index (χ0n) is 13.2. The van der Waals surface area contributed by atoms with Crippen LogP contribution in [0, 0.1) is 5.92 Å². The Bertz CT molecular complexity index is 701. The molecule has 0 saturated carbocycles. The van der Waals surface area contributed by atoms with E-state index in [1.54, 1.807) is 17.1 Å². The lowest BCUT2D eigenvalue weighted by Gasteiger charge is -2.31. The smallest absolute Gasteiger partial charge is 0.360 e. The molecule has 3 rings (SSSR count). The number of amides is 1. The molecule has 0 aliphatic carbocycles. The third-order valence-corrected chi connectivity index (χ3v) is 4.51. The second-order valence-corrected chi connectivity index (χ2v) is 6.41. The van der Waals surface area contributed by atoms with Gasteiger partial charge in [-0.15, -0.1) is 16.4 Å². The fraction of sp³-hybridized carbons (Fsp3) is 0.500. The summed E-state index contributed by atoms with van der Waals surface area (Å²) in [6.07, 6.45) is 4.98. The van der Waals surface area contributed by atoms with Gasteiger partial charge in [-0.1, -0.05) is 5.21 Å². The third kappa shape index (κ3) is 3.95. The molecule has 9 nitrogen and oxygen atoms in total. The van der Waals surface area contributed by atoms with Crippen LogP contribution >= 0.6 is 11.3 Å². The first kappa shape index (κ1) is 16.5. The van der Waals surface area contributed by atoms with Gasteiger partial charge in [0.15, 0.2) is 10.8 Å². The number of thiazole rings is 1. The van der Waals surface area contributed by atoms with Gasteiger partial charge in [-0.3, -0.25) is 9.69 Å². The van der Waals surface area contributed by atoms with E-state index in [1.165, 1.54) is 18.4 Å². The molecule has 1 unspecified atom stereocenters. The number of hydrogen-bond acceptors (Lipinski definition) is 8. The van der Waals surface area contributed by atoms with Crippen molar-refractivity contribution < 1.29 is 14.3 Å². The highest BCUT2D eigenvalue weighted by atomic mass is 32.1. The van der Waals surface area contributed by atoms with Crippen LogP contribution in [0.25, 0.3) is 0 Å². The maximum Gasteiger partial charge on any atom is 0.360 e. The lowest BCUT2D eigenvalue weighted by Crippen LogP contribution is -2.41. The fourth-order valence-corrected chi connectivity index (χ4v) is 3.19. The van der Waals surface area contributed by atoms with Crippen molar-refractivity contribution >= 4 is 28.3 Å². The van der Waals surface area contributed by atoms with Crippen LogP contribution in [0.3, 0.4) is 0 Å². The zero-order valence-corrected chi connectivity index (χ0v) is 14.0. The Morgan fingerprint density at radius 2 is 2.38 bits per heavy atom. The van der Waals surface area contributed by atoms with Crippen LogP contribution in [-0.2, 0) is 16.2 Å². The number of nitrogens with one attached hydrogen (secondary N) is 1. The second kappa shape index (κ2) is 7.49.